The van der Waals surface area contributed by atoms with E-state index in [-0.39, 0.29) is 0 Å². The molecule has 1 atom stereocenters. The zero-order chi connectivity index (χ0) is 14.9. The summed E-state index contributed by atoms with van der Waals surface area (Å²) in [6, 6.07) is 10.7. The minimum absolute atomic E-state index is 0.764. The van der Waals surface area contributed by atoms with Gasteiger partial charge in [0.1, 0.15) is 0 Å². The maximum atomic E-state index is 4.42. The lowest BCUT2D eigenvalue weighted by molar-refractivity contribution is 0.473. The number of nitrogens with zero attached hydrogens (tertiary/aromatic N) is 2. The third kappa shape index (κ3) is 5.27. The van der Waals surface area contributed by atoms with Crippen LogP contribution < -0.4 is 5.32 Å². The molecule has 3 nitrogen and oxygen atoms in total. The molecule has 1 N–H and O–H groups in total. The molecule has 1 aromatic rings. The van der Waals surface area contributed by atoms with Crippen LogP contribution in [0.5, 0.6) is 0 Å². The van der Waals surface area contributed by atoms with Crippen molar-refractivity contribution < 1.29 is 0 Å². The number of thioether (sulfide) groups is 1. The minimum Gasteiger partial charge on any atom is -0.356 e. The third-order valence-corrected chi connectivity index (χ3v) is 5.08. The molecule has 1 aliphatic heterocycles. The van der Waals surface area contributed by atoms with Crippen molar-refractivity contribution in [2.45, 2.75) is 31.1 Å². The summed E-state index contributed by atoms with van der Waals surface area (Å²) in [4.78, 5) is 8.20. The molecule has 0 spiro atoms. The van der Waals surface area contributed by atoms with Gasteiger partial charge in [-0.2, -0.15) is 0 Å². The van der Waals surface area contributed by atoms with Crippen molar-refractivity contribution >= 4 is 17.7 Å². The van der Waals surface area contributed by atoms with Crippen LogP contribution in [0.25, 0.3) is 0 Å². The second-order valence-electron chi connectivity index (χ2n) is 5.55. The highest BCUT2D eigenvalue weighted by atomic mass is 32.2. The fraction of sp³-hybridized carbons (Fsp3) is 0.588. The first-order chi connectivity index (χ1) is 10.3. The summed E-state index contributed by atoms with van der Waals surface area (Å²) in [6.07, 6.45) is 3.70. The molecule has 116 valence electrons. The second-order valence-corrected chi connectivity index (χ2v) is 6.65. The average molecular weight is 305 g/mol. The van der Waals surface area contributed by atoms with E-state index in [0.29, 0.717) is 0 Å². The maximum absolute atomic E-state index is 4.42. The van der Waals surface area contributed by atoms with Crippen LogP contribution in [-0.2, 0) is 0 Å². The van der Waals surface area contributed by atoms with E-state index in [4.69, 9.17) is 0 Å². The molecule has 0 radical (unpaired) electrons. The first-order valence-corrected chi connectivity index (χ1v) is 8.95. The molecular formula is C17H27N3S. The normalized spacial score (nSPS) is 19.0. The van der Waals surface area contributed by atoms with E-state index in [1.807, 2.05) is 18.8 Å². The van der Waals surface area contributed by atoms with Gasteiger partial charge in [-0.15, -0.1) is 11.8 Å². The van der Waals surface area contributed by atoms with Crippen molar-refractivity contribution in [3.8, 4) is 0 Å². The Morgan fingerprint density at radius 2 is 2.19 bits per heavy atom. The Morgan fingerprint density at radius 3 is 2.90 bits per heavy atom. The lowest BCUT2D eigenvalue weighted by atomic mass is 10.2. The van der Waals surface area contributed by atoms with Crippen molar-refractivity contribution in [3.63, 3.8) is 0 Å². The van der Waals surface area contributed by atoms with Gasteiger partial charge >= 0.3 is 0 Å². The summed E-state index contributed by atoms with van der Waals surface area (Å²) in [5, 5.41) is 3.48. The van der Waals surface area contributed by atoms with Crippen LogP contribution in [0.1, 0.15) is 26.2 Å². The van der Waals surface area contributed by atoms with Gasteiger partial charge in [0.15, 0.2) is 5.96 Å². The Kier molecular flexibility index (Phi) is 6.93. The molecule has 21 heavy (non-hydrogen) atoms. The summed E-state index contributed by atoms with van der Waals surface area (Å²) in [5.41, 5.74) is 0. The fourth-order valence-electron chi connectivity index (χ4n) is 2.60. The predicted molar refractivity (Wildman–Crippen MR) is 93.1 cm³/mol. The molecular weight excluding hydrogens is 278 g/mol. The van der Waals surface area contributed by atoms with Gasteiger partial charge in [-0.3, -0.25) is 4.99 Å². The highest BCUT2D eigenvalue weighted by Gasteiger charge is 2.24. The van der Waals surface area contributed by atoms with Crippen molar-refractivity contribution in [1.82, 2.24) is 10.2 Å². The third-order valence-electron chi connectivity index (χ3n) is 3.84. The fourth-order valence-corrected chi connectivity index (χ4v) is 3.65. The molecule has 1 aliphatic rings. The summed E-state index contributed by atoms with van der Waals surface area (Å²) >= 11 is 1.97. The molecule has 0 bridgehead atoms. The van der Waals surface area contributed by atoms with Gasteiger partial charge < -0.3 is 10.2 Å². The lowest BCUT2D eigenvalue weighted by Gasteiger charge is -2.21. The van der Waals surface area contributed by atoms with Crippen molar-refractivity contribution in [1.29, 1.82) is 0 Å². The van der Waals surface area contributed by atoms with E-state index in [0.717, 1.165) is 31.5 Å². The highest BCUT2D eigenvalue weighted by molar-refractivity contribution is 7.99. The van der Waals surface area contributed by atoms with E-state index in [2.05, 4.69) is 52.5 Å². The molecule has 1 aromatic carbocycles. The molecule has 1 heterocycles. The Morgan fingerprint density at radius 1 is 1.38 bits per heavy atom. The second kappa shape index (κ2) is 8.98. The molecule has 4 heteroatoms. The number of guanidine groups is 1. The molecule has 1 fully saturated rings. The number of rotatable bonds is 6. The Hall–Kier alpha value is -1.16. The van der Waals surface area contributed by atoms with Gasteiger partial charge in [-0.25, -0.2) is 0 Å². The predicted octanol–water partition coefficient (Wildman–Crippen LogP) is 3.48. The average Bonchev–Trinajstić information content (AvgIpc) is 2.99. The molecule has 0 amide bonds. The number of aliphatic imine (C=N–C) groups is 1. The van der Waals surface area contributed by atoms with E-state index in [1.54, 1.807) is 0 Å². The van der Waals surface area contributed by atoms with Gasteiger partial charge in [-0.05, 0) is 30.9 Å². The van der Waals surface area contributed by atoms with Gasteiger partial charge in [0.25, 0.3) is 0 Å². The zero-order valence-corrected chi connectivity index (χ0v) is 14.0. The minimum atomic E-state index is 0.764. The zero-order valence-electron chi connectivity index (χ0n) is 13.2. The van der Waals surface area contributed by atoms with E-state index >= 15 is 0 Å². The Bertz CT molecular complexity index is 433. The quantitative estimate of drug-likeness (QED) is 0.377. The standard InChI is InChI=1S/C17H27N3S/c1-3-4-11-19-17(18-2)20-12-10-15(13-20)14-21-16-8-6-5-7-9-16/h5-9,15H,3-4,10-14H2,1-2H3,(H,18,19). The topological polar surface area (TPSA) is 27.6 Å². The van der Waals surface area contributed by atoms with Gasteiger partial charge in [0.05, 0.1) is 0 Å². The van der Waals surface area contributed by atoms with Crippen LogP contribution in [0.2, 0.25) is 0 Å². The summed E-state index contributed by atoms with van der Waals surface area (Å²) < 4.78 is 0. The van der Waals surface area contributed by atoms with Crippen LogP contribution in [0.4, 0.5) is 0 Å². The maximum Gasteiger partial charge on any atom is 0.193 e. The van der Waals surface area contributed by atoms with E-state index in [9.17, 15) is 0 Å². The first kappa shape index (κ1) is 16.2. The number of unbranched alkanes of at least 4 members (excludes halogenated alkanes) is 1. The number of likely N-dealkylation sites (tertiary alicyclic amines) is 1. The summed E-state index contributed by atoms with van der Waals surface area (Å²) in [7, 11) is 1.89. The smallest absolute Gasteiger partial charge is 0.193 e. The number of hydrogen-bond acceptors (Lipinski definition) is 2. The number of nitrogens with one attached hydrogen (secondary N) is 1. The van der Waals surface area contributed by atoms with Crippen molar-refractivity contribution in [2.75, 3.05) is 32.4 Å². The molecule has 1 saturated heterocycles. The SMILES string of the molecule is CCCCNC(=NC)N1CCC(CSc2ccccc2)C1. The van der Waals surface area contributed by atoms with Crippen LogP contribution in [0, 0.1) is 5.92 Å². The largest absolute Gasteiger partial charge is 0.356 e. The summed E-state index contributed by atoms with van der Waals surface area (Å²) in [5.74, 6) is 3.04. The van der Waals surface area contributed by atoms with Crippen molar-refractivity contribution in [2.24, 2.45) is 10.9 Å². The van der Waals surface area contributed by atoms with Gasteiger partial charge in [-0.1, -0.05) is 31.5 Å². The lowest BCUT2D eigenvalue weighted by Crippen LogP contribution is -2.40. The molecule has 0 aliphatic carbocycles. The summed E-state index contributed by atoms with van der Waals surface area (Å²) in [6.45, 7) is 5.51. The first-order valence-electron chi connectivity index (χ1n) is 7.97. The van der Waals surface area contributed by atoms with E-state index in [1.165, 1.54) is 29.9 Å². The van der Waals surface area contributed by atoms with Crippen LogP contribution in [-0.4, -0.2) is 43.3 Å². The highest BCUT2D eigenvalue weighted by Crippen LogP contribution is 2.25. The van der Waals surface area contributed by atoms with Crippen LogP contribution >= 0.6 is 11.8 Å². The van der Waals surface area contributed by atoms with Gasteiger partial charge in [0.2, 0.25) is 0 Å². The monoisotopic (exact) mass is 305 g/mol. The van der Waals surface area contributed by atoms with Gasteiger partial charge in [0, 0.05) is 37.3 Å². The molecule has 0 saturated carbocycles. The molecule has 0 aromatic heterocycles. The number of benzene rings is 1. The van der Waals surface area contributed by atoms with Crippen LogP contribution in [0.15, 0.2) is 40.2 Å². The Labute approximate surface area is 133 Å². The number of hydrogen-bond donors (Lipinski definition) is 1. The van der Waals surface area contributed by atoms with E-state index < -0.39 is 0 Å². The van der Waals surface area contributed by atoms with Crippen molar-refractivity contribution in [3.05, 3.63) is 30.3 Å². The molecule has 2 rings (SSSR count). The molecule has 1 unspecified atom stereocenters. The van der Waals surface area contributed by atoms with Crippen LogP contribution in [0.3, 0.4) is 0 Å². The Balaban J connectivity index is 1.74.